The quantitative estimate of drug-likeness (QED) is 0.577. The molecule has 0 aromatic heterocycles. The summed E-state index contributed by atoms with van der Waals surface area (Å²) < 4.78 is 41.3. The summed E-state index contributed by atoms with van der Waals surface area (Å²) in [6.45, 7) is 1.71. The van der Waals surface area contributed by atoms with Crippen molar-refractivity contribution < 1.29 is 22.3 Å². The molecule has 122 valence electrons. The van der Waals surface area contributed by atoms with Crippen LogP contribution in [0.1, 0.15) is 15.9 Å². The Morgan fingerprint density at radius 1 is 1.04 bits per heavy atom. The maximum Gasteiger partial charge on any atom is 0.168 e. The van der Waals surface area contributed by atoms with Gasteiger partial charge < -0.3 is 4.74 Å². The first-order valence-corrected chi connectivity index (χ1v) is 8.27. The number of halogens is 1. The first-order valence-electron chi connectivity index (χ1n) is 7.10. The molecule has 6 heteroatoms. The van der Waals surface area contributed by atoms with Crippen LogP contribution in [0.4, 0.5) is 4.39 Å². The Morgan fingerprint density at radius 2 is 1.75 bits per heavy atom. The second-order valence-corrected chi connectivity index (χ2v) is 6.29. The van der Waals surface area contributed by atoms with Crippen molar-refractivity contribution in [3.8, 4) is 11.5 Å². The van der Waals surface area contributed by atoms with Crippen LogP contribution in [-0.4, -0.2) is 14.7 Å². The van der Waals surface area contributed by atoms with Crippen LogP contribution < -0.4 is 4.74 Å². The lowest BCUT2D eigenvalue weighted by atomic mass is 10.0. The van der Waals surface area contributed by atoms with Crippen molar-refractivity contribution in [1.29, 1.82) is 0 Å². The van der Waals surface area contributed by atoms with Gasteiger partial charge in [-0.3, -0.25) is 4.79 Å². The summed E-state index contributed by atoms with van der Waals surface area (Å²) in [6, 6.07) is 11.8. The topological polar surface area (TPSA) is 60.4 Å². The molecule has 4 nitrogen and oxygen atoms in total. The summed E-state index contributed by atoms with van der Waals surface area (Å²) >= 11 is 0. The van der Waals surface area contributed by atoms with Crippen LogP contribution >= 0.6 is 0 Å². The number of fused-ring (bicyclic) bond motifs is 1. The van der Waals surface area contributed by atoms with E-state index in [-0.39, 0.29) is 4.90 Å². The van der Waals surface area contributed by atoms with Crippen molar-refractivity contribution in [2.45, 2.75) is 11.8 Å². The molecular weight excluding hydrogens is 331 g/mol. The number of thiol groups is 1. The normalized spacial score (nSPS) is 11.0. The molecular formula is C18H13FO4S. The zero-order chi connectivity index (χ0) is 17.3. The van der Waals surface area contributed by atoms with Gasteiger partial charge in [0.15, 0.2) is 10.7 Å². The Bertz CT molecular complexity index is 1000. The molecule has 0 amide bonds. The van der Waals surface area contributed by atoms with Gasteiger partial charge in [0.25, 0.3) is 0 Å². The summed E-state index contributed by atoms with van der Waals surface area (Å²) in [5.74, 6) is 0.352. The third-order valence-electron chi connectivity index (χ3n) is 3.74. The third-order valence-corrected chi connectivity index (χ3v) is 4.46. The highest BCUT2D eigenvalue weighted by molar-refractivity contribution is 7.72. The Labute approximate surface area is 139 Å². The zero-order valence-electron chi connectivity index (χ0n) is 12.7. The van der Waals surface area contributed by atoms with Gasteiger partial charge in [0.1, 0.15) is 23.6 Å². The van der Waals surface area contributed by atoms with E-state index in [1.165, 1.54) is 36.4 Å². The second-order valence-electron chi connectivity index (χ2n) is 5.26. The zero-order valence-corrected chi connectivity index (χ0v) is 13.5. The molecule has 0 saturated heterocycles. The molecule has 0 saturated carbocycles. The van der Waals surface area contributed by atoms with Gasteiger partial charge in [-0.1, -0.05) is 6.07 Å². The van der Waals surface area contributed by atoms with Gasteiger partial charge in [0.2, 0.25) is 0 Å². The standard InChI is InChI=1S/C18H13FO4S/c1-11-13(10-20)8-12-2-3-14(19)9-17(12)18(11)23-15-4-6-16(7-5-15)24(21)22/h2-10,24H,1H3. The van der Waals surface area contributed by atoms with Gasteiger partial charge in [-0.15, -0.1) is 0 Å². The molecule has 0 bridgehead atoms. The second kappa shape index (κ2) is 6.41. The molecule has 0 radical (unpaired) electrons. The van der Waals surface area contributed by atoms with E-state index in [9.17, 15) is 17.6 Å². The number of benzene rings is 3. The Kier molecular flexibility index (Phi) is 4.31. The molecule has 0 unspecified atom stereocenters. The third kappa shape index (κ3) is 3.00. The van der Waals surface area contributed by atoms with Crippen LogP contribution in [0.25, 0.3) is 10.8 Å². The molecule has 0 fully saturated rings. The van der Waals surface area contributed by atoms with Crippen molar-refractivity contribution >= 4 is 27.8 Å². The summed E-state index contributed by atoms with van der Waals surface area (Å²) in [7, 11) is -2.67. The number of ether oxygens (including phenoxy) is 1. The van der Waals surface area contributed by atoms with Crippen LogP contribution in [0.2, 0.25) is 0 Å². The van der Waals surface area contributed by atoms with Gasteiger partial charge in [-0.2, -0.15) is 0 Å². The van der Waals surface area contributed by atoms with Gasteiger partial charge in [0, 0.05) is 16.5 Å². The first kappa shape index (κ1) is 16.1. The molecule has 0 N–H and O–H groups in total. The number of rotatable bonds is 4. The number of hydrogen-bond donors (Lipinski definition) is 1. The van der Waals surface area contributed by atoms with Crippen LogP contribution in [-0.2, 0) is 10.7 Å². The van der Waals surface area contributed by atoms with Crippen LogP contribution in [0.3, 0.4) is 0 Å². The minimum absolute atomic E-state index is 0.173. The van der Waals surface area contributed by atoms with Crippen molar-refractivity contribution in [2.24, 2.45) is 0 Å². The molecule has 24 heavy (non-hydrogen) atoms. The van der Waals surface area contributed by atoms with E-state index in [0.717, 1.165) is 6.29 Å². The minimum Gasteiger partial charge on any atom is -0.456 e. The molecule has 0 aliphatic carbocycles. The van der Waals surface area contributed by atoms with E-state index in [0.29, 0.717) is 33.4 Å². The van der Waals surface area contributed by atoms with Gasteiger partial charge in [0.05, 0.1) is 4.90 Å². The van der Waals surface area contributed by atoms with Crippen molar-refractivity contribution in [3.63, 3.8) is 0 Å². The smallest absolute Gasteiger partial charge is 0.168 e. The van der Waals surface area contributed by atoms with E-state index in [1.807, 2.05) is 0 Å². The lowest BCUT2D eigenvalue weighted by Gasteiger charge is -2.14. The van der Waals surface area contributed by atoms with Gasteiger partial charge >= 0.3 is 0 Å². The average molecular weight is 344 g/mol. The lowest BCUT2D eigenvalue weighted by Crippen LogP contribution is -1.95. The number of hydrogen-bond acceptors (Lipinski definition) is 4. The fourth-order valence-corrected chi connectivity index (χ4v) is 2.86. The highest BCUT2D eigenvalue weighted by Crippen LogP contribution is 2.35. The summed E-state index contributed by atoms with van der Waals surface area (Å²) in [4.78, 5) is 11.4. The average Bonchev–Trinajstić information content (AvgIpc) is 2.58. The van der Waals surface area contributed by atoms with Crippen molar-refractivity contribution in [1.82, 2.24) is 0 Å². The SMILES string of the molecule is Cc1c(C=O)cc2ccc(F)cc2c1Oc1ccc([SH](=O)=O)cc1. The predicted octanol–water partition coefficient (Wildman–Crippen LogP) is 3.86. The summed E-state index contributed by atoms with van der Waals surface area (Å²) in [5, 5.41) is 1.22. The molecule has 3 aromatic rings. The van der Waals surface area contributed by atoms with E-state index in [4.69, 9.17) is 4.74 Å². The molecule has 0 atom stereocenters. The predicted molar refractivity (Wildman–Crippen MR) is 89.1 cm³/mol. The largest absolute Gasteiger partial charge is 0.456 e. The van der Waals surface area contributed by atoms with Crippen LogP contribution in [0, 0.1) is 12.7 Å². The first-order chi connectivity index (χ1) is 11.5. The summed E-state index contributed by atoms with van der Waals surface area (Å²) in [6.07, 6.45) is 0.718. The van der Waals surface area contributed by atoms with Gasteiger partial charge in [-0.05, 0) is 54.8 Å². The monoisotopic (exact) mass is 344 g/mol. The van der Waals surface area contributed by atoms with E-state index >= 15 is 0 Å². The minimum atomic E-state index is -2.67. The van der Waals surface area contributed by atoms with E-state index < -0.39 is 16.5 Å². The Hall–Kier alpha value is -2.73. The fourth-order valence-electron chi connectivity index (χ4n) is 2.47. The van der Waals surface area contributed by atoms with Gasteiger partial charge in [-0.25, -0.2) is 12.8 Å². The molecule has 3 aromatic carbocycles. The lowest BCUT2D eigenvalue weighted by molar-refractivity contribution is 0.112. The molecule has 0 heterocycles. The molecule has 3 rings (SSSR count). The highest BCUT2D eigenvalue weighted by atomic mass is 32.2. The number of carbonyl (C=O) groups excluding carboxylic acids is 1. The van der Waals surface area contributed by atoms with Crippen LogP contribution in [0.15, 0.2) is 53.4 Å². The Balaban J connectivity index is 2.14. The van der Waals surface area contributed by atoms with Crippen molar-refractivity contribution in [3.05, 3.63) is 65.5 Å². The van der Waals surface area contributed by atoms with Crippen molar-refractivity contribution in [2.75, 3.05) is 0 Å². The van der Waals surface area contributed by atoms with E-state index in [1.54, 1.807) is 19.1 Å². The Morgan fingerprint density at radius 3 is 2.38 bits per heavy atom. The number of carbonyl (C=O) groups is 1. The molecule has 0 aliphatic rings. The summed E-state index contributed by atoms with van der Waals surface area (Å²) in [5.41, 5.74) is 1.03. The maximum absolute atomic E-state index is 13.6. The molecule has 0 spiro atoms. The number of aldehydes is 1. The highest BCUT2D eigenvalue weighted by Gasteiger charge is 2.13. The van der Waals surface area contributed by atoms with Crippen LogP contribution in [0.5, 0.6) is 11.5 Å². The van der Waals surface area contributed by atoms with E-state index in [2.05, 4.69) is 0 Å². The fraction of sp³-hybridized carbons (Fsp3) is 0.0556. The maximum atomic E-state index is 13.6. The molecule has 0 aliphatic heterocycles.